The maximum Gasteiger partial charge on any atom is 0.194 e. The Morgan fingerprint density at radius 1 is 1.12 bits per heavy atom. The van der Waals surface area contributed by atoms with E-state index in [4.69, 9.17) is 4.42 Å². The Bertz CT molecular complexity index is 325. The van der Waals surface area contributed by atoms with Crippen molar-refractivity contribution in [1.82, 2.24) is 4.98 Å². The van der Waals surface area contributed by atoms with E-state index in [2.05, 4.69) is 46.5 Å². The summed E-state index contributed by atoms with van der Waals surface area (Å²) in [5.41, 5.74) is 0.467. The molecule has 1 aromatic heterocycles. The van der Waals surface area contributed by atoms with Crippen LogP contribution in [0.15, 0.2) is 10.6 Å². The van der Waals surface area contributed by atoms with E-state index in [0.29, 0.717) is 5.41 Å². The zero-order valence-corrected chi connectivity index (χ0v) is 11.6. The standard InChI is InChI=1S/C14H25NO/c1-13(2,3)9-7-8-12-15-10-11(16-12)14(4,5)6/h10H,7-9H2,1-6H3. The third-order valence-corrected chi connectivity index (χ3v) is 2.61. The topological polar surface area (TPSA) is 26.0 Å². The predicted octanol–water partition coefficient (Wildman–Crippen LogP) is 4.34. The Balaban J connectivity index is 2.48. The average Bonchev–Trinajstić information content (AvgIpc) is 2.49. The number of aromatic nitrogens is 1. The highest BCUT2D eigenvalue weighted by Crippen LogP contribution is 2.25. The molecule has 16 heavy (non-hydrogen) atoms. The minimum Gasteiger partial charge on any atom is -0.445 e. The van der Waals surface area contributed by atoms with Crippen molar-refractivity contribution in [3.8, 4) is 0 Å². The molecule has 0 aromatic carbocycles. The summed E-state index contributed by atoms with van der Waals surface area (Å²) in [6.07, 6.45) is 5.17. The van der Waals surface area contributed by atoms with Crippen LogP contribution in [0, 0.1) is 5.41 Å². The van der Waals surface area contributed by atoms with Crippen LogP contribution in [0.4, 0.5) is 0 Å². The van der Waals surface area contributed by atoms with Gasteiger partial charge in [-0.3, -0.25) is 0 Å². The molecule has 0 unspecified atom stereocenters. The highest BCUT2D eigenvalue weighted by molar-refractivity contribution is 5.05. The summed E-state index contributed by atoms with van der Waals surface area (Å²) in [4.78, 5) is 4.34. The van der Waals surface area contributed by atoms with Gasteiger partial charge in [0.2, 0.25) is 0 Å². The monoisotopic (exact) mass is 223 g/mol. The van der Waals surface area contributed by atoms with Gasteiger partial charge in [-0.05, 0) is 18.3 Å². The Morgan fingerprint density at radius 3 is 2.19 bits per heavy atom. The van der Waals surface area contributed by atoms with Gasteiger partial charge >= 0.3 is 0 Å². The van der Waals surface area contributed by atoms with E-state index in [-0.39, 0.29) is 5.41 Å². The third kappa shape index (κ3) is 4.38. The van der Waals surface area contributed by atoms with Crippen molar-refractivity contribution in [2.75, 3.05) is 0 Å². The van der Waals surface area contributed by atoms with Crippen molar-refractivity contribution in [2.45, 2.75) is 66.2 Å². The van der Waals surface area contributed by atoms with Gasteiger partial charge in [0.25, 0.3) is 0 Å². The Kier molecular flexibility index (Phi) is 3.82. The van der Waals surface area contributed by atoms with Gasteiger partial charge < -0.3 is 4.42 Å². The van der Waals surface area contributed by atoms with Crippen LogP contribution < -0.4 is 0 Å². The van der Waals surface area contributed by atoms with Gasteiger partial charge in [-0.15, -0.1) is 0 Å². The smallest absolute Gasteiger partial charge is 0.194 e. The van der Waals surface area contributed by atoms with Gasteiger partial charge in [-0.1, -0.05) is 41.5 Å². The summed E-state index contributed by atoms with van der Waals surface area (Å²) in [5, 5.41) is 0. The van der Waals surface area contributed by atoms with E-state index < -0.39 is 0 Å². The highest BCUT2D eigenvalue weighted by Gasteiger charge is 2.19. The second kappa shape index (κ2) is 4.60. The Hall–Kier alpha value is -0.790. The van der Waals surface area contributed by atoms with E-state index in [1.807, 2.05) is 6.20 Å². The zero-order valence-electron chi connectivity index (χ0n) is 11.6. The molecule has 2 heteroatoms. The van der Waals surface area contributed by atoms with Crippen molar-refractivity contribution in [3.05, 3.63) is 17.8 Å². The summed E-state index contributed by atoms with van der Waals surface area (Å²) in [7, 11) is 0. The van der Waals surface area contributed by atoms with E-state index >= 15 is 0 Å². The lowest BCUT2D eigenvalue weighted by Gasteiger charge is -2.17. The van der Waals surface area contributed by atoms with E-state index in [0.717, 1.165) is 24.5 Å². The largest absolute Gasteiger partial charge is 0.445 e. The minimum absolute atomic E-state index is 0.0648. The summed E-state index contributed by atoms with van der Waals surface area (Å²) in [6, 6.07) is 0. The van der Waals surface area contributed by atoms with Crippen molar-refractivity contribution in [2.24, 2.45) is 5.41 Å². The first-order valence-corrected chi connectivity index (χ1v) is 6.14. The van der Waals surface area contributed by atoms with Crippen LogP contribution >= 0.6 is 0 Å². The molecular weight excluding hydrogens is 198 g/mol. The summed E-state index contributed by atoms with van der Waals surface area (Å²) in [5.74, 6) is 1.87. The number of hydrogen-bond donors (Lipinski definition) is 0. The van der Waals surface area contributed by atoms with Gasteiger partial charge in [0.05, 0.1) is 6.20 Å². The molecule has 0 bridgehead atoms. The van der Waals surface area contributed by atoms with E-state index in [1.54, 1.807) is 0 Å². The Morgan fingerprint density at radius 2 is 1.75 bits per heavy atom. The van der Waals surface area contributed by atoms with E-state index in [9.17, 15) is 0 Å². The van der Waals surface area contributed by atoms with Crippen LogP contribution in [-0.2, 0) is 11.8 Å². The molecule has 0 amide bonds. The lowest BCUT2D eigenvalue weighted by Crippen LogP contribution is -2.09. The van der Waals surface area contributed by atoms with Gasteiger partial charge in [0.15, 0.2) is 5.89 Å². The fourth-order valence-corrected chi connectivity index (χ4v) is 1.54. The number of oxazole rings is 1. The molecule has 0 aliphatic heterocycles. The fraction of sp³-hybridized carbons (Fsp3) is 0.786. The second-order valence-electron chi connectivity index (χ2n) is 6.78. The van der Waals surface area contributed by atoms with Gasteiger partial charge in [-0.25, -0.2) is 4.98 Å². The SMILES string of the molecule is CC(C)(C)CCCc1ncc(C(C)(C)C)o1. The highest BCUT2D eigenvalue weighted by atomic mass is 16.4. The molecule has 92 valence electrons. The molecule has 0 aliphatic carbocycles. The van der Waals surface area contributed by atoms with Gasteiger partial charge in [0.1, 0.15) is 5.76 Å². The lowest BCUT2D eigenvalue weighted by atomic mass is 9.90. The second-order valence-corrected chi connectivity index (χ2v) is 6.78. The fourth-order valence-electron chi connectivity index (χ4n) is 1.54. The van der Waals surface area contributed by atoms with Gasteiger partial charge in [0, 0.05) is 11.8 Å². The van der Waals surface area contributed by atoms with Crippen LogP contribution in [0.5, 0.6) is 0 Å². The first-order chi connectivity index (χ1) is 7.18. The summed E-state index contributed by atoms with van der Waals surface area (Å²) in [6.45, 7) is 13.2. The molecule has 0 fully saturated rings. The number of aryl methyl sites for hydroxylation is 1. The molecular formula is C14H25NO. The molecule has 0 spiro atoms. The molecule has 1 rings (SSSR count). The van der Waals surface area contributed by atoms with Crippen LogP contribution in [0.3, 0.4) is 0 Å². The van der Waals surface area contributed by atoms with Crippen molar-refractivity contribution in [3.63, 3.8) is 0 Å². The quantitative estimate of drug-likeness (QED) is 0.761. The van der Waals surface area contributed by atoms with Crippen molar-refractivity contribution >= 4 is 0 Å². The summed E-state index contributed by atoms with van der Waals surface area (Å²) < 4.78 is 5.75. The van der Waals surface area contributed by atoms with Crippen LogP contribution in [0.1, 0.15) is 66.0 Å². The normalized spacial score (nSPS) is 13.1. The third-order valence-electron chi connectivity index (χ3n) is 2.61. The predicted molar refractivity (Wildman–Crippen MR) is 67.6 cm³/mol. The molecule has 0 radical (unpaired) electrons. The first kappa shape index (κ1) is 13.3. The maximum absolute atomic E-state index is 5.75. The van der Waals surface area contributed by atoms with Gasteiger partial charge in [-0.2, -0.15) is 0 Å². The molecule has 1 aromatic rings. The molecule has 0 atom stereocenters. The molecule has 0 saturated carbocycles. The van der Waals surface area contributed by atoms with Crippen molar-refractivity contribution in [1.29, 1.82) is 0 Å². The van der Waals surface area contributed by atoms with E-state index in [1.165, 1.54) is 6.42 Å². The first-order valence-electron chi connectivity index (χ1n) is 6.14. The van der Waals surface area contributed by atoms with Crippen LogP contribution in [0.2, 0.25) is 0 Å². The zero-order chi connectivity index (χ0) is 12.4. The number of rotatable bonds is 3. The minimum atomic E-state index is 0.0648. The number of hydrogen-bond acceptors (Lipinski definition) is 2. The molecule has 0 aliphatic rings. The summed E-state index contributed by atoms with van der Waals surface area (Å²) >= 11 is 0. The molecule has 0 saturated heterocycles. The maximum atomic E-state index is 5.75. The number of nitrogens with zero attached hydrogens (tertiary/aromatic N) is 1. The van der Waals surface area contributed by atoms with Crippen LogP contribution in [-0.4, -0.2) is 4.98 Å². The van der Waals surface area contributed by atoms with Crippen LogP contribution in [0.25, 0.3) is 0 Å². The Labute approximate surface area is 99.5 Å². The van der Waals surface area contributed by atoms with Crippen molar-refractivity contribution < 1.29 is 4.42 Å². The average molecular weight is 223 g/mol. The lowest BCUT2D eigenvalue weighted by molar-refractivity contribution is 0.343. The molecule has 0 N–H and O–H groups in total. The molecule has 2 nitrogen and oxygen atoms in total. The molecule has 1 heterocycles.